The lowest BCUT2D eigenvalue weighted by molar-refractivity contribution is -0.121. The number of likely N-dealkylation sites (tertiary alicyclic amines) is 1. The van der Waals surface area contributed by atoms with Gasteiger partial charge in [0.15, 0.2) is 0 Å². The molecule has 4 nitrogen and oxygen atoms in total. The van der Waals surface area contributed by atoms with Gasteiger partial charge in [0, 0.05) is 24.5 Å². The van der Waals surface area contributed by atoms with E-state index in [-0.39, 0.29) is 5.91 Å². The minimum atomic E-state index is 0.0529. The lowest BCUT2D eigenvalue weighted by Gasteiger charge is -2.26. The summed E-state index contributed by atoms with van der Waals surface area (Å²) in [5.41, 5.74) is 2.48. The van der Waals surface area contributed by atoms with Gasteiger partial charge in [0.1, 0.15) is 5.75 Å². The Morgan fingerprint density at radius 3 is 2.36 bits per heavy atom. The van der Waals surface area contributed by atoms with E-state index >= 15 is 0 Å². The highest BCUT2D eigenvalue weighted by Gasteiger charge is 2.10. The second kappa shape index (κ2) is 11.1. The average Bonchev–Trinajstić information content (AvgIpc) is 2.73. The predicted molar refractivity (Wildman–Crippen MR) is 114 cm³/mol. The first-order chi connectivity index (χ1) is 13.7. The van der Waals surface area contributed by atoms with Crippen LogP contribution < -0.4 is 10.1 Å². The van der Waals surface area contributed by atoms with Gasteiger partial charge >= 0.3 is 0 Å². The molecule has 1 aliphatic rings. The molecule has 1 aliphatic heterocycles. The second-order valence-electron chi connectivity index (χ2n) is 7.34. The molecule has 0 saturated carbocycles. The van der Waals surface area contributed by atoms with Crippen LogP contribution in [-0.4, -0.2) is 30.5 Å². The molecule has 1 amide bonds. The van der Waals surface area contributed by atoms with Crippen molar-refractivity contribution in [2.24, 2.45) is 0 Å². The number of piperidine rings is 1. The van der Waals surface area contributed by atoms with Crippen LogP contribution in [0.1, 0.15) is 43.2 Å². The summed E-state index contributed by atoms with van der Waals surface area (Å²) in [6, 6.07) is 15.8. The molecule has 1 saturated heterocycles. The number of hydrogen-bond acceptors (Lipinski definition) is 3. The fourth-order valence-electron chi connectivity index (χ4n) is 3.38. The van der Waals surface area contributed by atoms with Crippen molar-refractivity contribution in [1.82, 2.24) is 10.2 Å². The Hall–Kier alpha value is -2.04. The fourth-order valence-corrected chi connectivity index (χ4v) is 3.51. The van der Waals surface area contributed by atoms with Crippen molar-refractivity contribution in [3.05, 3.63) is 64.7 Å². The summed E-state index contributed by atoms with van der Waals surface area (Å²) < 4.78 is 5.61. The Labute approximate surface area is 172 Å². The van der Waals surface area contributed by atoms with Gasteiger partial charge in [0.05, 0.1) is 6.61 Å². The summed E-state index contributed by atoms with van der Waals surface area (Å²) in [4.78, 5) is 14.5. The summed E-state index contributed by atoms with van der Waals surface area (Å²) in [6.45, 7) is 4.53. The van der Waals surface area contributed by atoms with Crippen molar-refractivity contribution in [1.29, 1.82) is 0 Å². The lowest BCUT2D eigenvalue weighted by Crippen LogP contribution is -2.29. The number of ether oxygens (including phenoxy) is 1. The van der Waals surface area contributed by atoms with Crippen LogP contribution in [0, 0.1) is 0 Å². The number of rotatable bonds is 9. The van der Waals surface area contributed by atoms with Crippen LogP contribution >= 0.6 is 11.6 Å². The first-order valence-corrected chi connectivity index (χ1v) is 10.5. The van der Waals surface area contributed by atoms with Crippen LogP contribution in [0.15, 0.2) is 48.5 Å². The molecule has 0 bridgehead atoms. The summed E-state index contributed by atoms with van der Waals surface area (Å²) in [5.74, 6) is 0.826. The highest BCUT2D eigenvalue weighted by Crippen LogP contribution is 2.16. The van der Waals surface area contributed by atoms with Crippen LogP contribution in [0.2, 0.25) is 5.02 Å². The molecule has 28 heavy (non-hydrogen) atoms. The van der Waals surface area contributed by atoms with Crippen molar-refractivity contribution < 1.29 is 9.53 Å². The number of hydrogen-bond donors (Lipinski definition) is 1. The number of benzene rings is 2. The molecule has 1 N–H and O–H groups in total. The molecule has 5 heteroatoms. The van der Waals surface area contributed by atoms with Crippen LogP contribution in [0.3, 0.4) is 0 Å². The Morgan fingerprint density at radius 1 is 0.964 bits per heavy atom. The average molecular weight is 401 g/mol. The monoisotopic (exact) mass is 400 g/mol. The van der Waals surface area contributed by atoms with Crippen molar-refractivity contribution in [3.8, 4) is 5.75 Å². The highest BCUT2D eigenvalue weighted by atomic mass is 35.5. The van der Waals surface area contributed by atoms with E-state index in [0.29, 0.717) is 31.0 Å². The van der Waals surface area contributed by atoms with Gasteiger partial charge in [0.25, 0.3) is 0 Å². The summed E-state index contributed by atoms with van der Waals surface area (Å²) in [6.07, 6.45) is 5.13. The minimum Gasteiger partial charge on any atom is -0.494 e. The molecule has 0 atom stereocenters. The summed E-state index contributed by atoms with van der Waals surface area (Å²) in [5, 5.41) is 3.67. The molecule has 1 fully saturated rings. The standard InChI is InChI=1S/C23H29ClN2O2/c24-21-10-12-22(13-11-21)28-16-4-5-23(27)25-17-19-6-8-20(9-7-19)18-26-14-2-1-3-15-26/h6-13H,1-5,14-18H2,(H,25,27). The fraction of sp³-hybridized carbons (Fsp3) is 0.435. The maximum atomic E-state index is 12.0. The summed E-state index contributed by atoms with van der Waals surface area (Å²) >= 11 is 5.84. The first kappa shape index (κ1) is 20.7. The maximum Gasteiger partial charge on any atom is 0.220 e. The van der Waals surface area contributed by atoms with Gasteiger partial charge < -0.3 is 10.1 Å². The van der Waals surface area contributed by atoms with Crippen molar-refractivity contribution in [2.75, 3.05) is 19.7 Å². The quantitative estimate of drug-likeness (QED) is 0.614. The Bertz CT molecular complexity index is 725. The van der Waals surface area contributed by atoms with E-state index in [2.05, 4.69) is 34.5 Å². The van der Waals surface area contributed by atoms with Gasteiger partial charge in [-0.25, -0.2) is 0 Å². The molecule has 1 heterocycles. The molecule has 3 rings (SSSR count). The number of nitrogens with zero attached hydrogens (tertiary/aromatic N) is 1. The molecule has 0 aromatic heterocycles. The van der Waals surface area contributed by atoms with Crippen LogP contribution in [-0.2, 0) is 17.9 Å². The van der Waals surface area contributed by atoms with Crippen LogP contribution in [0.5, 0.6) is 5.75 Å². The zero-order chi connectivity index (χ0) is 19.6. The van der Waals surface area contributed by atoms with Crippen LogP contribution in [0.4, 0.5) is 0 Å². The number of amides is 1. The van der Waals surface area contributed by atoms with Gasteiger partial charge in [-0.2, -0.15) is 0 Å². The Kier molecular flexibility index (Phi) is 8.19. The number of carbonyl (C=O) groups excluding carboxylic acids is 1. The van der Waals surface area contributed by atoms with Gasteiger partial charge in [0.2, 0.25) is 5.91 Å². The molecule has 0 aliphatic carbocycles. The van der Waals surface area contributed by atoms with Crippen molar-refractivity contribution in [2.45, 2.75) is 45.2 Å². The molecule has 150 valence electrons. The maximum absolute atomic E-state index is 12.0. The van der Waals surface area contributed by atoms with Gasteiger partial charge in [-0.15, -0.1) is 0 Å². The van der Waals surface area contributed by atoms with E-state index in [1.54, 1.807) is 12.1 Å². The molecule has 0 unspecified atom stereocenters. The third-order valence-electron chi connectivity index (χ3n) is 5.00. The Morgan fingerprint density at radius 2 is 1.64 bits per heavy atom. The molecule has 2 aromatic rings. The van der Waals surface area contributed by atoms with E-state index in [9.17, 15) is 4.79 Å². The zero-order valence-corrected chi connectivity index (χ0v) is 17.1. The molecule has 2 aromatic carbocycles. The molecular weight excluding hydrogens is 372 g/mol. The van der Waals surface area contributed by atoms with E-state index in [1.807, 2.05) is 12.1 Å². The normalized spacial score (nSPS) is 14.6. The van der Waals surface area contributed by atoms with E-state index in [0.717, 1.165) is 17.9 Å². The van der Waals surface area contributed by atoms with Gasteiger partial charge in [-0.05, 0) is 67.7 Å². The second-order valence-corrected chi connectivity index (χ2v) is 7.77. The number of carbonyl (C=O) groups is 1. The first-order valence-electron chi connectivity index (χ1n) is 10.1. The largest absolute Gasteiger partial charge is 0.494 e. The molecule has 0 spiro atoms. The number of halogens is 1. The molecule has 0 radical (unpaired) electrons. The zero-order valence-electron chi connectivity index (χ0n) is 16.3. The van der Waals surface area contributed by atoms with Crippen LogP contribution in [0.25, 0.3) is 0 Å². The third kappa shape index (κ3) is 7.17. The summed E-state index contributed by atoms with van der Waals surface area (Å²) in [7, 11) is 0. The topological polar surface area (TPSA) is 41.6 Å². The lowest BCUT2D eigenvalue weighted by atomic mass is 10.1. The third-order valence-corrected chi connectivity index (χ3v) is 5.25. The van der Waals surface area contributed by atoms with Crippen molar-refractivity contribution >= 4 is 17.5 Å². The van der Waals surface area contributed by atoms with E-state index in [4.69, 9.17) is 16.3 Å². The van der Waals surface area contributed by atoms with E-state index < -0.39 is 0 Å². The Balaban J connectivity index is 1.31. The van der Waals surface area contributed by atoms with Gasteiger partial charge in [-0.1, -0.05) is 42.3 Å². The van der Waals surface area contributed by atoms with E-state index in [1.165, 1.54) is 37.9 Å². The SMILES string of the molecule is O=C(CCCOc1ccc(Cl)cc1)NCc1ccc(CN2CCCCC2)cc1. The predicted octanol–water partition coefficient (Wildman–Crippen LogP) is 4.80. The number of nitrogens with one attached hydrogen (secondary N) is 1. The molecular formula is C23H29ClN2O2. The highest BCUT2D eigenvalue weighted by molar-refractivity contribution is 6.30. The van der Waals surface area contributed by atoms with Gasteiger partial charge in [-0.3, -0.25) is 9.69 Å². The van der Waals surface area contributed by atoms with Crippen molar-refractivity contribution in [3.63, 3.8) is 0 Å². The smallest absolute Gasteiger partial charge is 0.220 e. The minimum absolute atomic E-state index is 0.0529.